The van der Waals surface area contributed by atoms with Crippen LogP contribution in [0.5, 0.6) is 11.5 Å². The van der Waals surface area contributed by atoms with Gasteiger partial charge in [-0.15, -0.1) is 0 Å². The standard InChI is InChI=1S/C17H18N4O6S/c22-16(20-21-17(23)12-2-1-6-18-11-12)5-7-19-28(24,25)13-3-4-14-15(10-13)27-9-8-26-14/h1-4,6,10-11,19H,5,7-9H2,(H,20,22)(H,21,23). The number of hydrogen-bond donors (Lipinski definition) is 3. The van der Waals surface area contributed by atoms with Gasteiger partial charge in [0.2, 0.25) is 15.9 Å². The molecule has 0 fully saturated rings. The van der Waals surface area contributed by atoms with E-state index in [4.69, 9.17) is 9.47 Å². The SMILES string of the molecule is O=C(CCNS(=O)(=O)c1ccc2c(c1)OCCO2)NNC(=O)c1cccnc1. The van der Waals surface area contributed by atoms with Crippen molar-refractivity contribution >= 4 is 21.8 Å². The number of ether oxygens (including phenoxy) is 2. The third-order valence-electron chi connectivity index (χ3n) is 3.71. The van der Waals surface area contributed by atoms with E-state index in [1.54, 1.807) is 6.07 Å². The molecule has 0 unspecified atom stereocenters. The Morgan fingerprint density at radius 3 is 2.61 bits per heavy atom. The third-order valence-corrected chi connectivity index (χ3v) is 5.17. The van der Waals surface area contributed by atoms with Gasteiger partial charge in [-0.25, -0.2) is 13.1 Å². The summed E-state index contributed by atoms with van der Waals surface area (Å²) in [5, 5.41) is 0. The first kappa shape index (κ1) is 19.6. The molecule has 2 aromatic rings. The van der Waals surface area contributed by atoms with Gasteiger partial charge in [0.05, 0.1) is 10.5 Å². The normalized spacial score (nSPS) is 12.9. The van der Waals surface area contributed by atoms with Gasteiger partial charge in [-0.3, -0.25) is 25.4 Å². The molecule has 11 heteroatoms. The van der Waals surface area contributed by atoms with Gasteiger partial charge in [0.25, 0.3) is 5.91 Å². The average Bonchev–Trinajstić information content (AvgIpc) is 2.72. The quantitative estimate of drug-likeness (QED) is 0.574. The molecule has 0 aliphatic carbocycles. The van der Waals surface area contributed by atoms with Crippen molar-refractivity contribution in [2.24, 2.45) is 0 Å². The van der Waals surface area contributed by atoms with Crippen LogP contribution in [0.25, 0.3) is 0 Å². The second-order valence-corrected chi connectivity index (χ2v) is 7.46. The molecule has 0 atom stereocenters. The summed E-state index contributed by atoms with van der Waals surface area (Å²) in [6.45, 7) is 0.601. The molecular formula is C17H18N4O6S. The Hall–Kier alpha value is -3.18. The molecule has 0 saturated carbocycles. The van der Waals surface area contributed by atoms with Crippen molar-refractivity contribution in [1.29, 1.82) is 0 Å². The van der Waals surface area contributed by atoms with Crippen molar-refractivity contribution < 1.29 is 27.5 Å². The van der Waals surface area contributed by atoms with Gasteiger partial charge in [-0.05, 0) is 24.3 Å². The largest absolute Gasteiger partial charge is 0.486 e. The maximum Gasteiger partial charge on any atom is 0.271 e. The van der Waals surface area contributed by atoms with Crippen LogP contribution in [-0.4, -0.2) is 45.0 Å². The predicted molar refractivity (Wildman–Crippen MR) is 97.1 cm³/mol. The van der Waals surface area contributed by atoms with Crippen LogP contribution in [0.3, 0.4) is 0 Å². The minimum atomic E-state index is -3.82. The van der Waals surface area contributed by atoms with Crippen molar-refractivity contribution in [1.82, 2.24) is 20.6 Å². The Morgan fingerprint density at radius 1 is 1.07 bits per heavy atom. The zero-order valence-corrected chi connectivity index (χ0v) is 15.5. The summed E-state index contributed by atoms with van der Waals surface area (Å²) in [7, 11) is -3.82. The summed E-state index contributed by atoms with van der Waals surface area (Å²) < 4.78 is 37.7. The highest BCUT2D eigenvalue weighted by Crippen LogP contribution is 2.32. The van der Waals surface area contributed by atoms with Crippen molar-refractivity contribution in [3.8, 4) is 11.5 Å². The smallest absolute Gasteiger partial charge is 0.271 e. The maximum atomic E-state index is 12.3. The number of benzene rings is 1. The zero-order valence-electron chi connectivity index (χ0n) is 14.7. The lowest BCUT2D eigenvalue weighted by atomic mass is 10.3. The molecule has 2 amide bonds. The Kier molecular flexibility index (Phi) is 6.06. The lowest BCUT2D eigenvalue weighted by Gasteiger charge is -2.18. The van der Waals surface area contributed by atoms with E-state index in [2.05, 4.69) is 20.6 Å². The molecule has 28 heavy (non-hydrogen) atoms. The number of nitrogens with zero attached hydrogens (tertiary/aromatic N) is 1. The Bertz CT molecular complexity index is 965. The maximum absolute atomic E-state index is 12.3. The fraction of sp³-hybridized carbons (Fsp3) is 0.235. The monoisotopic (exact) mass is 406 g/mol. The van der Waals surface area contributed by atoms with Gasteiger partial charge in [-0.1, -0.05) is 0 Å². The average molecular weight is 406 g/mol. The first-order valence-corrected chi connectivity index (χ1v) is 9.82. The molecule has 1 aliphatic heterocycles. The number of nitrogens with one attached hydrogen (secondary N) is 3. The number of hydrogen-bond acceptors (Lipinski definition) is 7. The van der Waals surface area contributed by atoms with Crippen molar-refractivity contribution in [2.45, 2.75) is 11.3 Å². The number of aromatic nitrogens is 1. The fourth-order valence-electron chi connectivity index (χ4n) is 2.33. The van der Waals surface area contributed by atoms with Gasteiger partial charge in [-0.2, -0.15) is 0 Å². The molecular weight excluding hydrogens is 388 g/mol. The molecule has 0 radical (unpaired) electrons. The van der Waals surface area contributed by atoms with Crippen LogP contribution in [0.2, 0.25) is 0 Å². The lowest BCUT2D eigenvalue weighted by molar-refractivity contribution is -0.121. The highest BCUT2D eigenvalue weighted by atomic mass is 32.2. The number of pyridine rings is 1. The zero-order chi connectivity index (χ0) is 20.0. The van der Waals surface area contributed by atoms with Gasteiger partial charge >= 0.3 is 0 Å². The third kappa shape index (κ3) is 4.96. The van der Waals surface area contributed by atoms with E-state index in [1.165, 1.54) is 36.7 Å². The molecule has 1 aromatic carbocycles. The molecule has 1 aromatic heterocycles. The molecule has 3 rings (SSSR count). The minimum Gasteiger partial charge on any atom is -0.486 e. The van der Waals surface area contributed by atoms with Crippen LogP contribution in [0.1, 0.15) is 16.8 Å². The van der Waals surface area contributed by atoms with Crippen LogP contribution in [0, 0.1) is 0 Å². The lowest BCUT2D eigenvalue weighted by Crippen LogP contribution is -2.42. The summed E-state index contributed by atoms with van der Waals surface area (Å²) in [5.41, 5.74) is 4.72. The van der Waals surface area contributed by atoms with Crippen molar-refractivity contribution in [3.05, 3.63) is 48.3 Å². The predicted octanol–water partition coefficient (Wildman–Crippen LogP) is -0.0176. The molecule has 10 nitrogen and oxygen atoms in total. The summed E-state index contributed by atoms with van der Waals surface area (Å²) in [4.78, 5) is 27.4. The second-order valence-electron chi connectivity index (χ2n) is 5.70. The summed E-state index contributed by atoms with van der Waals surface area (Å²) in [6, 6.07) is 7.40. The first-order valence-electron chi connectivity index (χ1n) is 8.34. The summed E-state index contributed by atoms with van der Waals surface area (Å²) in [6.07, 6.45) is 2.70. The number of carbonyl (C=O) groups excluding carboxylic acids is 2. The van der Waals surface area contributed by atoms with Crippen LogP contribution >= 0.6 is 0 Å². The van der Waals surface area contributed by atoms with Crippen LogP contribution in [-0.2, 0) is 14.8 Å². The molecule has 0 spiro atoms. The molecule has 1 aliphatic rings. The number of rotatable bonds is 6. The minimum absolute atomic E-state index is 0.00189. The van der Waals surface area contributed by atoms with E-state index < -0.39 is 21.8 Å². The number of carbonyl (C=O) groups is 2. The number of hydrazine groups is 1. The van der Waals surface area contributed by atoms with Crippen molar-refractivity contribution in [2.75, 3.05) is 19.8 Å². The van der Waals surface area contributed by atoms with Crippen LogP contribution in [0.4, 0.5) is 0 Å². The van der Waals surface area contributed by atoms with Gasteiger partial charge in [0.15, 0.2) is 11.5 Å². The summed E-state index contributed by atoms with van der Waals surface area (Å²) >= 11 is 0. The van der Waals surface area contributed by atoms with E-state index >= 15 is 0 Å². The molecule has 3 N–H and O–H groups in total. The van der Waals surface area contributed by atoms with Crippen LogP contribution in [0.15, 0.2) is 47.6 Å². The fourth-order valence-corrected chi connectivity index (χ4v) is 3.38. The first-order chi connectivity index (χ1) is 13.5. The molecule has 2 heterocycles. The number of amides is 2. The topological polar surface area (TPSA) is 136 Å². The number of sulfonamides is 1. The number of fused-ring (bicyclic) bond motifs is 1. The van der Waals surface area contributed by atoms with E-state index in [1.807, 2.05) is 0 Å². The van der Waals surface area contributed by atoms with E-state index in [0.29, 0.717) is 24.7 Å². The Balaban J connectivity index is 1.47. The second kappa shape index (κ2) is 8.67. The summed E-state index contributed by atoms with van der Waals surface area (Å²) in [5.74, 6) is -0.251. The molecule has 0 saturated heterocycles. The highest BCUT2D eigenvalue weighted by Gasteiger charge is 2.19. The van der Waals surface area contributed by atoms with Gasteiger partial charge in [0.1, 0.15) is 13.2 Å². The van der Waals surface area contributed by atoms with E-state index in [-0.39, 0.29) is 23.4 Å². The van der Waals surface area contributed by atoms with E-state index in [0.717, 1.165) is 0 Å². The highest BCUT2D eigenvalue weighted by molar-refractivity contribution is 7.89. The molecule has 0 bridgehead atoms. The van der Waals surface area contributed by atoms with Gasteiger partial charge in [0, 0.05) is 31.4 Å². The Labute approximate surface area is 161 Å². The van der Waals surface area contributed by atoms with E-state index in [9.17, 15) is 18.0 Å². The molecule has 148 valence electrons. The van der Waals surface area contributed by atoms with Crippen LogP contribution < -0.4 is 25.0 Å². The van der Waals surface area contributed by atoms with Crippen molar-refractivity contribution in [3.63, 3.8) is 0 Å². The Morgan fingerprint density at radius 2 is 1.86 bits per heavy atom. The van der Waals surface area contributed by atoms with Gasteiger partial charge < -0.3 is 9.47 Å².